The molecule has 0 radical (unpaired) electrons. The van der Waals surface area contributed by atoms with Crippen molar-refractivity contribution in [1.82, 2.24) is 9.80 Å². The van der Waals surface area contributed by atoms with E-state index in [0.29, 0.717) is 32.0 Å². The Kier molecular flexibility index (Phi) is 10.4. The molecule has 0 atom stereocenters. The van der Waals surface area contributed by atoms with Crippen molar-refractivity contribution in [3.05, 3.63) is 64.7 Å². The number of hydrogen-bond acceptors (Lipinski definition) is 4. The summed E-state index contributed by atoms with van der Waals surface area (Å²) in [7, 11) is 1.55. The molecule has 200 valence electrons. The van der Waals surface area contributed by atoms with Crippen LogP contribution in [0.15, 0.2) is 48.5 Å². The second-order valence-electron chi connectivity index (χ2n) is 10.4. The molecule has 1 heterocycles. The van der Waals surface area contributed by atoms with Crippen LogP contribution < -0.4 is 4.90 Å². The number of para-hydroxylation sites is 1. The van der Waals surface area contributed by atoms with Crippen LogP contribution in [0, 0.1) is 5.92 Å². The van der Waals surface area contributed by atoms with Crippen LogP contribution in [0.25, 0.3) is 0 Å². The maximum absolute atomic E-state index is 13.4. The number of benzene rings is 2. The lowest BCUT2D eigenvalue weighted by molar-refractivity contribution is -0.132. The summed E-state index contributed by atoms with van der Waals surface area (Å²) < 4.78 is 5.21. The van der Waals surface area contributed by atoms with Crippen LogP contribution in [-0.2, 0) is 27.4 Å². The summed E-state index contributed by atoms with van der Waals surface area (Å²) in [4.78, 5) is 32.8. The quantitative estimate of drug-likeness (QED) is 0.477. The molecular formula is C30H40ClN3O3. The second kappa shape index (κ2) is 13.9. The number of halogens is 1. The Morgan fingerprint density at radius 3 is 2.35 bits per heavy atom. The SMILES string of the molecule is COCC(=O)N1CCCN(Cc2ccc(Cl)cc2)CCCN(C(=O)CCC2CCC2)Cc2ccccc21. The van der Waals surface area contributed by atoms with Crippen LogP contribution in [-0.4, -0.2) is 61.5 Å². The number of methoxy groups -OCH3 is 1. The van der Waals surface area contributed by atoms with Crippen LogP contribution in [0.2, 0.25) is 5.02 Å². The number of rotatable bonds is 7. The van der Waals surface area contributed by atoms with Gasteiger partial charge in [0, 0.05) is 63.5 Å². The normalized spacial score (nSPS) is 17.9. The molecule has 0 unspecified atom stereocenters. The number of nitrogens with zero attached hydrogens (tertiary/aromatic N) is 3. The van der Waals surface area contributed by atoms with Gasteiger partial charge in [0.2, 0.25) is 5.91 Å². The number of ether oxygens (including phenoxy) is 1. The second-order valence-corrected chi connectivity index (χ2v) is 10.8. The van der Waals surface area contributed by atoms with Gasteiger partial charge < -0.3 is 14.5 Å². The predicted octanol–water partition coefficient (Wildman–Crippen LogP) is 5.52. The van der Waals surface area contributed by atoms with Crippen LogP contribution in [0.5, 0.6) is 0 Å². The fourth-order valence-electron chi connectivity index (χ4n) is 5.31. The topological polar surface area (TPSA) is 53.1 Å². The maximum Gasteiger partial charge on any atom is 0.252 e. The van der Waals surface area contributed by atoms with Crippen molar-refractivity contribution in [2.75, 3.05) is 44.8 Å². The van der Waals surface area contributed by atoms with Gasteiger partial charge in [-0.25, -0.2) is 0 Å². The summed E-state index contributed by atoms with van der Waals surface area (Å²) in [5, 5.41) is 0.736. The zero-order valence-corrected chi connectivity index (χ0v) is 22.8. The highest BCUT2D eigenvalue weighted by molar-refractivity contribution is 6.30. The summed E-state index contributed by atoms with van der Waals surface area (Å²) in [6.07, 6.45) is 7.16. The van der Waals surface area contributed by atoms with Gasteiger partial charge in [-0.05, 0) is 54.5 Å². The van der Waals surface area contributed by atoms with Gasteiger partial charge in [0.15, 0.2) is 0 Å². The molecule has 2 aliphatic rings. The van der Waals surface area contributed by atoms with Crippen LogP contribution in [0.1, 0.15) is 56.1 Å². The first-order valence-electron chi connectivity index (χ1n) is 13.7. The van der Waals surface area contributed by atoms with Gasteiger partial charge >= 0.3 is 0 Å². The highest BCUT2D eigenvalue weighted by atomic mass is 35.5. The lowest BCUT2D eigenvalue weighted by atomic mass is 9.82. The summed E-state index contributed by atoms with van der Waals surface area (Å²) in [5.74, 6) is 0.873. The van der Waals surface area contributed by atoms with E-state index in [9.17, 15) is 9.59 Å². The number of anilines is 1. The molecule has 37 heavy (non-hydrogen) atoms. The molecule has 1 aliphatic heterocycles. The highest BCUT2D eigenvalue weighted by Crippen LogP contribution is 2.31. The molecule has 0 aromatic heterocycles. The molecular weight excluding hydrogens is 486 g/mol. The summed E-state index contributed by atoms with van der Waals surface area (Å²) in [6.45, 7) is 4.43. The number of fused-ring (bicyclic) bond motifs is 1. The fraction of sp³-hybridized carbons (Fsp3) is 0.533. The van der Waals surface area contributed by atoms with Crippen molar-refractivity contribution in [3.8, 4) is 0 Å². The van der Waals surface area contributed by atoms with Crippen LogP contribution >= 0.6 is 11.6 Å². The summed E-state index contributed by atoms with van der Waals surface area (Å²) >= 11 is 6.09. The van der Waals surface area contributed by atoms with E-state index in [4.69, 9.17) is 16.3 Å². The summed E-state index contributed by atoms with van der Waals surface area (Å²) in [6, 6.07) is 16.0. The first-order valence-corrected chi connectivity index (χ1v) is 14.0. The lowest BCUT2D eigenvalue weighted by Gasteiger charge is -2.32. The minimum Gasteiger partial charge on any atom is -0.375 e. The zero-order valence-electron chi connectivity index (χ0n) is 22.0. The average molecular weight is 526 g/mol. The van der Waals surface area contributed by atoms with Crippen molar-refractivity contribution < 1.29 is 14.3 Å². The van der Waals surface area contributed by atoms with E-state index < -0.39 is 0 Å². The molecule has 0 bridgehead atoms. The van der Waals surface area contributed by atoms with Crippen molar-refractivity contribution >= 4 is 29.1 Å². The third-order valence-corrected chi connectivity index (χ3v) is 7.89. The smallest absolute Gasteiger partial charge is 0.252 e. The lowest BCUT2D eigenvalue weighted by Crippen LogP contribution is -2.40. The van der Waals surface area contributed by atoms with Crippen molar-refractivity contribution in [1.29, 1.82) is 0 Å². The minimum absolute atomic E-state index is 0.0346. The van der Waals surface area contributed by atoms with Gasteiger partial charge in [-0.1, -0.05) is 61.2 Å². The predicted molar refractivity (Wildman–Crippen MR) is 149 cm³/mol. The standard InChI is InChI=1S/C30H40ClN3O3/c1-37-23-30(36)34-20-6-18-32(21-25-11-14-27(31)15-12-25)17-5-19-33(22-26-9-2-3-10-28(26)34)29(35)16-13-24-7-4-8-24/h2-3,9-12,14-15,24H,4-8,13,16-23H2,1H3. The largest absolute Gasteiger partial charge is 0.375 e. The van der Waals surface area contributed by atoms with Gasteiger partial charge in [0.25, 0.3) is 5.91 Å². The molecule has 0 N–H and O–H groups in total. The molecule has 6 nitrogen and oxygen atoms in total. The number of amides is 2. The number of carbonyl (C=O) groups excluding carboxylic acids is 2. The zero-order chi connectivity index (χ0) is 26.0. The van der Waals surface area contributed by atoms with Gasteiger partial charge in [-0.15, -0.1) is 0 Å². The first kappa shape index (κ1) is 27.6. The van der Waals surface area contributed by atoms with Gasteiger partial charge in [-0.2, -0.15) is 0 Å². The molecule has 1 saturated carbocycles. The molecule has 2 amide bonds. The van der Waals surface area contributed by atoms with E-state index >= 15 is 0 Å². The van der Waals surface area contributed by atoms with E-state index in [0.717, 1.165) is 55.2 Å². The van der Waals surface area contributed by atoms with Crippen LogP contribution in [0.3, 0.4) is 0 Å². The highest BCUT2D eigenvalue weighted by Gasteiger charge is 2.24. The molecule has 2 aromatic rings. The van der Waals surface area contributed by atoms with Crippen molar-refractivity contribution in [2.24, 2.45) is 5.92 Å². The van der Waals surface area contributed by atoms with E-state index in [-0.39, 0.29) is 18.4 Å². The van der Waals surface area contributed by atoms with Gasteiger partial charge in [-0.3, -0.25) is 14.5 Å². The third-order valence-electron chi connectivity index (χ3n) is 7.63. The van der Waals surface area contributed by atoms with Crippen LogP contribution in [0.4, 0.5) is 5.69 Å². The Hall–Kier alpha value is -2.41. The number of carbonyl (C=O) groups is 2. The fourth-order valence-corrected chi connectivity index (χ4v) is 5.44. The molecule has 0 saturated heterocycles. The monoisotopic (exact) mass is 525 g/mol. The van der Waals surface area contributed by atoms with E-state index in [1.165, 1.54) is 24.8 Å². The Morgan fingerprint density at radius 2 is 1.65 bits per heavy atom. The minimum atomic E-state index is -0.0564. The van der Waals surface area contributed by atoms with E-state index in [1.54, 1.807) is 7.11 Å². The molecule has 1 fully saturated rings. The Morgan fingerprint density at radius 1 is 0.919 bits per heavy atom. The number of hydrogen-bond donors (Lipinski definition) is 0. The van der Waals surface area contributed by atoms with E-state index in [2.05, 4.69) is 17.0 Å². The third kappa shape index (κ3) is 8.03. The molecule has 4 rings (SSSR count). The summed E-state index contributed by atoms with van der Waals surface area (Å²) in [5.41, 5.74) is 3.11. The first-order chi connectivity index (χ1) is 18.0. The average Bonchev–Trinajstić information content (AvgIpc) is 2.86. The van der Waals surface area contributed by atoms with Gasteiger partial charge in [0.1, 0.15) is 6.61 Å². The molecule has 0 spiro atoms. The Balaban J connectivity index is 1.55. The van der Waals surface area contributed by atoms with Crippen molar-refractivity contribution in [3.63, 3.8) is 0 Å². The molecule has 7 heteroatoms. The van der Waals surface area contributed by atoms with Crippen molar-refractivity contribution in [2.45, 2.75) is 58.0 Å². The molecule has 1 aliphatic carbocycles. The maximum atomic E-state index is 13.4. The Bertz CT molecular complexity index is 1020. The van der Waals surface area contributed by atoms with Gasteiger partial charge in [0.05, 0.1) is 0 Å². The molecule has 2 aromatic carbocycles. The Labute approximate surface area is 226 Å². The van der Waals surface area contributed by atoms with E-state index in [1.807, 2.05) is 46.2 Å².